The van der Waals surface area contributed by atoms with Crippen LogP contribution in [0.3, 0.4) is 0 Å². The highest BCUT2D eigenvalue weighted by molar-refractivity contribution is 5.69. The van der Waals surface area contributed by atoms with Gasteiger partial charge in [0, 0.05) is 6.42 Å². The van der Waals surface area contributed by atoms with E-state index in [1.807, 2.05) is 0 Å². The van der Waals surface area contributed by atoms with Crippen LogP contribution in [0, 0.1) is 0 Å². The van der Waals surface area contributed by atoms with Crippen molar-refractivity contribution in [2.75, 3.05) is 19.8 Å². The first kappa shape index (κ1) is 33.3. The molecule has 2 rings (SSSR count). The molecule has 0 aromatic heterocycles. The van der Waals surface area contributed by atoms with Crippen molar-refractivity contribution in [3.8, 4) is 0 Å². The monoisotopic (exact) mass is 552 g/mol. The molecule has 0 unspecified atom stereocenters. The Morgan fingerprint density at radius 1 is 0.763 bits per heavy atom. The summed E-state index contributed by atoms with van der Waals surface area (Å²) in [5, 5.41) is 70.3. The van der Waals surface area contributed by atoms with Crippen LogP contribution in [0.4, 0.5) is 0 Å². The quantitative estimate of drug-likeness (QED) is 0.0879. The fourth-order valence-corrected chi connectivity index (χ4v) is 4.91. The van der Waals surface area contributed by atoms with E-state index < -0.39 is 80.6 Å². The molecule has 0 spiro atoms. The number of carbonyl (C=O) groups excluding carboxylic acids is 1. The van der Waals surface area contributed by atoms with Crippen LogP contribution in [0.15, 0.2) is 0 Å². The Kier molecular flexibility index (Phi) is 14.9. The molecule has 9 atom stereocenters. The average Bonchev–Trinajstić information content (AvgIpc) is 3.16. The largest absolute Gasteiger partial charge is 0.457 e. The first-order valence-electron chi connectivity index (χ1n) is 14.0. The summed E-state index contributed by atoms with van der Waals surface area (Å²) in [4.78, 5) is 12.4. The molecule has 12 nitrogen and oxygen atoms in total. The molecule has 2 heterocycles. The molecule has 0 aromatic rings. The Labute approximate surface area is 224 Å². The molecule has 0 saturated carbocycles. The predicted octanol–water partition coefficient (Wildman–Crippen LogP) is -0.144. The van der Waals surface area contributed by atoms with Crippen molar-refractivity contribution < 1.29 is 59.5 Å². The van der Waals surface area contributed by atoms with E-state index in [2.05, 4.69) is 6.92 Å². The molecule has 2 saturated heterocycles. The summed E-state index contributed by atoms with van der Waals surface area (Å²) in [5.74, 6) is -2.87. The van der Waals surface area contributed by atoms with Crippen molar-refractivity contribution in [1.29, 1.82) is 0 Å². The second kappa shape index (κ2) is 17.0. The lowest BCUT2D eigenvalue weighted by molar-refractivity contribution is -0.383. The Balaban J connectivity index is 1.77. The highest BCUT2D eigenvalue weighted by Crippen LogP contribution is 2.36. The highest BCUT2D eigenvalue weighted by Gasteiger charge is 2.58. The van der Waals surface area contributed by atoms with Crippen LogP contribution in [-0.4, -0.2) is 116 Å². The predicted molar refractivity (Wildman–Crippen MR) is 134 cm³/mol. The maximum atomic E-state index is 12.4. The van der Waals surface area contributed by atoms with E-state index in [0.717, 1.165) is 19.3 Å². The normalized spacial score (nSPS) is 35.5. The molecule has 2 fully saturated rings. The van der Waals surface area contributed by atoms with Gasteiger partial charge in [-0.05, 0) is 6.42 Å². The molecule has 0 radical (unpaired) electrons. The van der Waals surface area contributed by atoms with Gasteiger partial charge in [0.05, 0.1) is 13.2 Å². The molecule has 7 N–H and O–H groups in total. The number of rotatable bonds is 18. The van der Waals surface area contributed by atoms with E-state index in [-0.39, 0.29) is 6.42 Å². The number of esters is 1. The fourth-order valence-electron chi connectivity index (χ4n) is 4.91. The molecule has 224 valence electrons. The maximum Gasteiger partial charge on any atom is 0.306 e. The van der Waals surface area contributed by atoms with E-state index in [1.54, 1.807) is 0 Å². The van der Waals surface area contributed by atoms with E-state index >= 15 is 0 Å². The molecule has 0 bridgehead atoms. The molecular formula is C26H48O12. The Morgan fingerprint density at radius 3 is 1.82 bits per heavy atom. The maximum absolute atomic E-state index is 12.4. The molecular weight excluding hydrogens is 504 g/mol. The topological polar surface area (TPSA) is 196 Å². The lowest BCUT2D eigenvalue weighted by atomic mass is 9.98. The van der Waals surface area contributed by atoms with Crippen molar-refractivity contribution in [2.24, 2.45) is 0 Å². The summed E-state index contributed by atoms with van der Waals surface area (Å²) >= 11 is 0. The Bertz CT molecular complexity index is 664. The minimum Gasteiger partial charge on any atom is -0.457 e. The van der Waals surface area contributed by atoms with Gasteiger partial charge in [-0.1, -0.05) is 71.1 Å². The number of aliphatic hydroxyl groups is 7. The van der Waals surface area contributed by atoms with Crippen molar-refractivity contribution in [1.82, 2.24) is 0 Å². The van der Waals surface area contributed by atoms with Gasteiger partial charge in [-0.15, -0.1) is 0 Å². The van der Waals surface area contributed by atoms with Crippen LogP contribution in [0.25, 0.3) is 0 Å². The van der Waals surface area contributed by atoms with Crippen molar-refractivity contribution in [3.05, 3.63) is 0 Å². The Morgan fingerprint density at radius 2 is 1.32 bits per heavy atom. The second-order valence-corrected chi connectivity index (χ2v) is 10.3. The van der Waals surface area contributed by atoms with E-state index in [0.29, 0.717) is 6.42 Å². The van der Waals surface area contributed by atoms with Gasteiger partial charge < -0.3 is 54.7 Å². The van der Waals surface area contributed by atoms with Gasteiger partial charge in [0.15, 0.2) is 12.4 Å². The molecule has 0 aromatic carbocycles. The molecule has 2 aliphatic heterocycles. The summed E-state index contributed by atoms with van der Waals surface area (Å²) in [6.07, 6.45) is -0.0972. The fraction of sp³-hybridized carbons (Fsp3) is 0.962. The second-order valence-electron chi connectivity index (χ2n) is 10.3. The zero-order valence-corrected chi connectivity index (χ0v) is 22.4. The van der Waals surface area contributed by atoms with E-state index in [9.17, 15) is 40.5 Å². The third-order valence-electron chi connectivity index (χ3n) is 7.29. The minimum absolute atomic E-state index is 0.114. The standard InChI is InChI=1S/C26H48O12/c1-2-3-4-5-6-7-8-9-10-11-12-13-19(30)36-23-18(15-28)35-25(22(33)21(23)32)38-26(16-29)24(34)20(31)17(14-27)37-26/h17-18,20-25,27-29,31-34H,2-16H2,1H3/t17-,18-,20-,21-,22-,23-,24+,25-,26+/m1/s1. The summed E-state index contributed by atoms with van der Waals surface area (Å²) in [5.41, 5.74) is 0. The van der Waals surface area contributed by atoms with E-state index in [4.69, 9.17) is 18.9 Å². The van der Waals surface area contributed by atoms with E-state index in [1.165, 1.54) is 44.9 Å². The third-order valence-corrected chi connectivity index (χ3v) is 7.29. The number of aliphatic hydroxyl groups excluding tert-OH is 7. The summed E-state index contributed by atoms with van der Waals surface area (Å²) < 4.78 is 21.5. The molecule has 38 heavy (non-hydrogen) atoms. The number of unbranched alkanes of at least 4 members (excludes halogenated alkanes) is 10. The summed E-state index contributed by atoms with van der Waals surface area (Å²) in [7, 11) is 0. The van der Waals surface area contributed by atoms with Gasteiger partial charge in [0.1, 0.15) is 43.2 Å². The lowest BCUT2D eigenvalue weighted by Gasteiger charge is -2.44. The van der Waals surface area contributed by atoms with Crippen LogP contribution in [0.2, 0.25) is 0 Å². The zero-order chi connectivity index (χ0) is 28.1. The van der Waals surface area contributed by atoms with Crippen LogP contribution in [0.5, 0.6) is 0 Å². The van der Waals surface area contributed by atoms with Gasteiger partial charge in [0.25, 0.3) is 0 Å². The SMILES string of the molecule is CCCCCCCCCCCCCC(=O)O[C@H]1[C@H](O)[C@@H](O)[C@@H](O[C@]2(CO)O[C@H](CO)[C@@H](O)[C@@H]2O)O[C@@H]1CO. The van der Waals surface area contributed by atoms with Crippen molar-refractivity contribution in [3.63, 3.8) is 0 Å². The first-order valence-corrected chi connectivity index (χ1v) is 14.0. The number of hydrogen-bond acceptors (Lipinski definition) is 12. The minimum atomic E-state index is -2.27. The summed E-state index contributed by atoms with van der Waals surface area (Å²) in [6.45, 7) is -0.158. The lowest BCUT2D eigenvalue weighted by Crippen LogP contribution is -2.63. The Hall–Kier alpha value is -0.930. The highest BCUT2D eigenvalue weighted by atomic mass is 16.8. The smallest absolute Gasteiger partial charge is 0.306 e. The third kappa shape index (κ3) is 9.05. The van der Waals surface area contributed by atoms with Gasteiger partial charge in [-0.3, -0.25) is 4.79 Å². The number of ether oxygens (including phenoxy) is 4. The van der Waals surface area contributed by atoms with Crippen molar-refractivity contribution in [2.45, 2.75) is 139 Å². The van der Waals surface area contributed by atoms with Crippen LogP contribution >= 0.6 is 0 Å². The average molecular weight is 553 g/mol. The van der Waals surface area contributed by atoms with Gasteiger partial charge in [-0.25, -0.2) is 0 Å². The summed E-state index contributed by atoms with van der Waals surface area (Å²) in [6, 6.07) is 0. The molecule has 0 aliphatic carbocycles. The molecule has 0 amide bonds. The number of carbonyl (C=O) groups is 1. The molecule has 2 aliphatic rings. The zero-order valence-electron chi connectivity index (χ0n) is 22.4. The van der Waals surface area contributed by atoms with Crippen LogP contribution < -0.4 is 0 Å². The van der Waals surface area contributed by atoms with Crippen LogP contribution in [0.1, 0.15) is 84.0 Å². The molecule has 12 heteroatoms. The van der Waals surface area contributed by atoms with Gasteiger partial charge in [0.2, 0.25) is 5.79 Å². The van der Waals surface area contributed by atoms with Crippen molar-refractivity contribution >= 4 is 5.97 Å². The van der Waals surface area contributed by atoms with Gasteiger partial charge >= 0.3 is 5.97 Å². The number of hydrogen-bond donors (Lipinski definition) is 7. The van der Waals surface area contributed by atoms with Crippen LogP contribution in [-0.2, 0) is 23.7 Å². The van der Waals surface area contributed by atoms with Gasteiger partial charge in [-0.2, -0.15) is 0 Å². The first-order chi connectivity index (χ1) is 18.2.